The summed E-state index contributed by atoms with van der Waals surface area (Å²) in [5, 5.41) is 10.6. The van der Waals surface area contributed by atoms with E-state index in [0.717, 1.165) is 5.56 Å². The molecule has 0 saturated carbocycles. The molecular formula is C15H13NO4. The minimum atomic E-state index is -0.504. The largest absolute Gasteiger partial charge is 0.485 e. The van der Waals surface area contributed by atoms with E-state index in [-0.39, 0.29) is 18.1 Å². The van der Waals surface area contributed by atoms with Crippen LogP contribution in [0.3, 0.4) is 0 Å². The second-order valence-electron chi connectivity index (χ2n) is 4.28. The van der Waals surface area contributed by atoms with E-state index in [2.05, 4.69) is 0 Å². The Morgan fingerprint density at radius 3 is 2.65 bits per heavy atom. The molecule has 0 heterocycles. The minimum absolute atomic E-state index is 0.0640. The van der Waals surface area contributed by atoms with E-state index in [1.165, 1.54) is 18.2 Å². The number of nitrogens with zero attached hydrogens (tertiary/aromatic N) is 1. The van der Waals surface area contributed by atoms with Crippen LogP contribution in [0.5, 0.6) is 5.75 Å². The van der Waals surface area contributed by atoms with E-state index in [0.29, 0.717) is 11.3 Å². The molecule has 2 aromatic rings. The zero-order valence-electron chi connectivity index (χ0n) is 10.9. The predicted octanol–water partition coefficient (Wildman–Crippen LogP) is 3.16. The van der Waals surface area contributed by atoms with E-state index in [1.54, 1.807) is 18.2 Å². The van der Waals surface area contributed by atoms with Crippen molar-refractivity contribution in [3.63, 3.8) is 0 Å². The summed E-state index contributed by atoms with van der Waals surface area (Å²) in [7, 11) is 0. The summed E-state index contributed by atoms with van der Waals surface area (Å²) < 4.78 is 5.31. The number of nitro benzene ring substituents is 1. The van der Waals surface area contributed by atoms with Crippen LogP contribution in [0.1, 0.15) is 15.9 Å². The second-order valence-corrected chi connectivity index (χ2v) is 4.28. The topological polar surface area (TPSA) is 69.4 Å². The van der Waals surface area contributed by atoms with E-state index in [1.807, 2.05) is 19.1 Å². The normalized spacial score (nSPS) is 10.1. The Kier molecular flexibility index (Phi) is 4.10. The first-order valence-corrected chi connectivity index (χ1v) is 6.04. The highest BCUT2D eigenvalue weighted by atomic mass is 16.6. The van der Waals surface area contributed by atoms with Crippen molar-refractivity contribution in [1.29, 1.82) is 0 Å². The summed E-state index contributed by atoms with van der Waals surface area (Å²) in [6.45, 7) is 1.70. The Hall–Kier alpha value is -2.69. The molecule has 0 fully saturated rings. The van der Waals surface area contributed by atoms with Crippen LogP contribution in [0, 0.1) is 17.0 Å². The number of hydrogen-bond donors (Lipinski definition) is 0. The first kappa shape index (κ1) is 13.7. The van der Waals surface area contributed by atoms with Crippen molar-refractivity contribution >= 4 is 11.5 Å². The van der Waals surface area contributed by atoms with Crippen molar-refractivity contribution in [2.45, 2.75) is 6.92 Å². The van der Waals surface area contributed by atoms with Crippen molar-refractivity contribution in [3.05, 3.63) is 69.8 Å². The Morgan fingerprint density at radius 1 is 1.20 bits per heavy atom. The molecule has 0 atom stereocenters. The van der Waals surface area contributed by atoms with E-state index >= 15 is 0 Å². The van der Waals surface area contributed by atoms with Crippen molar-refractivity contribution < 1.29 is 14.5 Å². The highest BCUT2D eigenvalue weighted by molar-refractivity contribution is 5.98. The summed E-state index contributed by atoms with van der Waals surface area (Å²) in [4.78, 5) is 22.1. The van der Waals surface area contributed by atoms with Gasteiger partial charge in [-0.1, -0.05) is 30.3 Å². The number of carbonyl (C=O) groups is 1. The smallest absolute Gasteiger partial charge is 0.273 e. The number of Topliss-reactive ketones (excluding diaryl/α,β-unsaturated/α-hetero) is 1. The lowest BCUT2D eigenvalue weighted by molar-refractivity contribution is -0.384. The summed E-state index contributed by atoms with van der Waals surface area (Å²) in [5.74, 6) is 0.149. The van der Waals surface area contributed by atoms with E-state index < -0.39 is 4.92 Å². The van der Waals surface area contributed by atoms with Gasteiger partial charge in [0.25, 0.3) is 5.69 Å². The molecule has 0 unspecified atom stereocenters. The van der Waals surface area contributed by atoms with Crippen molar-refractivity contribution in [3.8, 4) is 5.75 Å². The SMILES string of the molecule is Cc1ccccc1C(=O)COc1cccc([N+](=O)[O-])c1. The lowest BCUT2D eigenvalue weighted by atomic mass is 10.1. The quantitative estimate of drug-likeness (QED) is 0.476. The van der Waals surface area contributed by atoms with Crippen molar-refractivity contribution in [2.75, 3.05) is 6.61 Å². The average molecular weight is 271 g/mol. The molecule has 5 heteroatoms. The number of non-ortho nitro benzene ring substituents is 1. The van der Waals surface area contributed by atoms with Gasteiger partial charge in [0.1, 0.15) is 5.75 Å². The fraction of sp³-hybridized carbons (Fsp3) is 0.133. The van der Waals surface area contributed by atoms with Gasteiger partial charge in [-0.2, -0.15) is 0 Å². The van der Waals surface area contributed by atoms with E-state index in [9.17, 15) is 14.9 Å². The van der Waals surface area contributed by atoms with Crippen molar-refractivity contribution in [2.24, 2.45) is 0 Å². The first-order valence-electron chi connectivity index (χ1n) is 6.04. The molecule has 0 spiro atoms. The maximum absolute atomic E-state index is 12.0. The molecule has 2 rings (SSSR count). The fourth-order valence-electron chi connectivity index (χ4n) is 1.80. The van der Waals surface area contributed by atoms with Crippen LogP contribution in [-0.4, -0.2) is 17.3 Å². The van der Waals surface area contributed by atoms with Crippen LogP contribution in [0.4, 0.5) is 5.69 Å². The van der Waals surface area contributed by atoms with Crippen molar-refractivity contribution in [1.82, 2.24) is 0 Å². The van der Waals surface area contributed by atoms with Gasteiger partial charge in [-0.05, 0) is 18.6 Å². The third-order valence-electron chi connectivity index (χ3n) is 2.84. The molecule has 0 saturated heterocycles. The fourth-order valence-corrected chi connectivity index (χ4v) is 1.80. The third-order valence-corrected chi connectivity index (χ3v) is 2.84. The number of aryl methyl sites for hydroxylation is 1. The predicted molar refractivity (Wildman–Crippen MR) is 74.1 cm³/mol. The van der Waals surface area contributed by atoms with Crippen LogP contribution in [0.15, 0.2) is 48.5 Å². The number of ketones is 1. The number of nitro groups is 1. The molecule has 0 aliphatic rings. The lowest BCUT2D eigenvalue weighted by Crippen LogP contribution is -2.12. The number of rotatable bonds is 5. The summed E-state index contributed by atoms with van der Waals surface area (Å²) in [5.41, 5.74) is 1.41. The molecule has 5 nitrogen and oxygen atoms in total. The zero-order valence-corrected chi connectivity index (χ0v) is 10.9. The number of ether oxygens (including phenoxy) is 1. The van der Waals surface area contributed by atoms with Gasteiger partial charge < -0.3 is 4.74 Å². The van der Waals surface area contributed by atoms with Crippen LogP contribution >= 0.6 is 0 Å². The molecule has 0 aliphatic carbocycles. The molecule has 0 amide bonds. The van der Waals surface area contributed by atoms with Crippen LogP contribution < -0.4 is 4.74 Å². The Bertz CT molecular complexity index is 652. The minimum Gasteiger partial charge on any atom is -0.485 e. The summed E-state index contributed by atoms with van der Waals surface area (Å²) in [6.07, 6.45) is 0. The van der Waals surface area contributed by atoms with Gasteiger partial charge in [0.2, 0.25) is 0 Å². The third kappa shape index (κ3) is 3.20. The zero-order chi connectivity index (χ0) is 14.5. The molecule has 2 aromatic carbocycles. The van der Waals surface area contributed by atoms with Gasteiger partial charge in [0, 0.05) is 11.6 Å². The molecule has 0 N–H and O–H groups in total. The Balaban J connectivity index is 2.06. The van der Waals surface area contributed by atoms with Gasteiger partial charge in [-0.3, -0.25) is 14.9 Å². The average Bonchev–Trinajstić information content (AvgIpc) is 2.45. The van der Waals surface area contributed by atoms with Crippen LogP contribution in [0.25, 0.3) is 0 Å². The Labute approximate surface area is 116 Å². The molecule has 0 aliphatic heterocycles. The molecule has 0 aromatic heterocycles. The van der Waals surface area contributed by atoms with Gasteiger partial charge in [0.05, 0.1) is 11.0 Å². The number of benzene rings is 2. The highest BCUT2D eigenvalue weighted by Crippen LogP contribution is 2.19. The molecule has 102 valence electrons. The number of carbonyl (C=O) groups excluding carboxylic acids is 1. The number of hydrogen-bond acceptors (Lipinski definition) is 4. The van der Waals surface area contributed by atoms with Crippen LogP contribution in [-0.2, 0) is 0 Å². The summed E-state index contributed by atoms with van der Waals surface area (Å²) >= 11 is 0. The van der Waals surface area contributed by atoms with Gasteiger partial charge in [0.15, 0.2) is 12.4 Å². The standard InChI is InChI=1S/C15H13NO4/c1-11-5-2-3-8-14(11)15(17)10-20-13-7-4-6-12(9-13)16(18)19/h2-9H,10H2,1H3. The molecule has 0 bridgehead atoms. The lowest BCUT2D eigenvalue weighted by Gasteiger charge is -2.07. The first-order chi connectivity index (χ1) is 9.58. The highest BCUT2D eigenvalue weighted by Gasteiger charge is 2.11. The summed E-state index contributed by atoms with van der Waals surface area (Å²) in [6, 6.07) is 13.0. The van der Waals surface area contributed by atoms with Gasteiger partial charge >= 0.3 is 0 Å². The molecule has 0 radical (unpaired) electrons. The maximum atomic E-state index is 12.0. The van der Waals surface area contributed by atoms with E-state index in [4.69, 9.17) is 4.74 Å². The van der Waals surface area contributed by atoms with Gasteiger partial charge in [-0.25, -0.2) is 0 Å². The Morgan fingerprint density at radius 2 is 1.95 bits per heavy atom. The second kappa shape index (κ2) is 5.97. The molecular weight excluding hydrogens is 258 g/mol. The van der Waals surface area contributed by atoms with Gasteiger partial charge in [-0.15, -0.1) is 0 Å². The molecule has 20 heavy (non-hydrogen) atoms. The monoisotopic (exact) mass is 271 g/mol. The maximum Gasteiger partial charge on any atom is 0.273 e. The van der Waals surface area contributed by atoms with Crippen LogP contribution in [0.2, 0.25) is 0 Å².